The summed E-state index contributed by atoms with van der Waals surface area (Å²) < 4.78 is 22.3. The lowest BCUT2D eigenvalue weighted by atomic mass is 9.75. The zero-order valence-electron chi connectivity index (χ0n) is 24.1. The van der Waals surface area contributed by atoms with Crippen molar-refractivity contribution < 1.29 is 28.5 Å². The fourth-order valence-electron chi connectivity index (χ4n) is 4.38. The summed E-state index contributed by atoms with van der Waals surface area (Å²) in [4.78, 5) is 24.0. The molecule has 1 aromatic rings. The molecular weight excluding hydrogens is 456 g/mol. The Hall–Kier alpha value is -2.24. The first kappa shape index (κ1) is 31.8. The van der Waals surface area contributed by atoms with Crippen LogP contribution in [0.25, 0.3) is 0 Å². The molecule has 0 amide bonds. The molecule has 0 saturated carbocycles. The van der Waals surface area contributed by atoms with Crippen molar-refractivity contribution in [1.82, 2.24) is 0 Å². The summed E-state index contributed by atoms with van der Waals surface area (Å²) in [5, 5.41) is 0. The molecule has 0 unspecified atom stereocenters. The minimum atomic E-state index is -0.215. The van der Waals surface area contributed by atoms with Crippen LogP contribution in [-0.2, 0) is 29.9 Å². The number of hydrogen-bond acceptors (Lipinski definition) is 6. The molecule has 0 fully saturated rings. The second-order valence-electron chi connectivity index (χ2n) is 10.9. The molecule has 0 radical (unpaired) electrons. The minimum absolute atomic E-state index is 0.130. The van der Waals surface area contributed by atoms with E-state index < -0.39 is 0 Å². The Morgan fingerprint density at radius 2 is 1.03 bits per heavy atom. The lowest BCUT2D eigenvalue weighted by molar-refractivity contribution is -0.144. The number of ether oxygens (including phenoxy) is 4. The van der Waals surface area contributed by atoms with Crippen LogP contribution in [0.3, 0.4) is 0 Å². The van der Waals surface area contributed by atoms with Gasteiger partial charge in [-0.15, -0.1) is 0 Å². The maximum Gasteiger partial charge on any atom is 0.305 e. The fraction of sp³-hybridized carbons (Fsp3) is 0.733. The topological polar surface area (TPSA) is 71.1 Å². The van der Waals surface area contributed by atoms with Gasteiger partial charge < -0.3 is 18.9 Å². The van der Waals surface area contributed by atoms with Crippen molar-refractivity contribution >= 4 is 11.9 Å². The van der Waals surface area contributed by atoms with Gasteiger partial charge in [-0.1, -0.05) is 54.4 Å². The summed E-state index contributed by atoms with van der Waals surface area (Å²) in [5.41, 5.74) is 1.68. The van der Waals surface area contributed by atoms with E-state index in [1.54, 1.807) is 14.2 Å². The third-order valence-corrected chi connectivity index (χ3v) is 6.87. The van der Waals surface area contributed by atoms with Crippen LogP contribution in [0, 0.1) is 0 Å². The van der Waals surface area contributed by atoms with Crippen molar-refractivity contribution in [2.75, 3.05) is 27.4 Å². The van der Waals surface area contributed by atoms with Gasteiger partial charge in [-0.25, -0.2) is 0 Å². The molecule has 0 spiro atoms. The molecule has 0 N–H and O–H groups in total. The monoisotopic (exact) mass is 506 g/mol. The van der Waals surface area contributed by atoms with Crippen LogP contribution in [-0.4, -0.2) is 39.4 Å². The molecule has 1 rings (SSSR count). The summed E-state index contributed by atoms with van der Waals surface area (Å²) in [6.45, 7) is 13.8. The van der Waals surface area contributed by atoms with Gasteiger partial charge in [0.25, 0.3) is 0 Å². The van der Waals surface area contributed by atoms with E-state index in [1.165, 1.54) is 0 Å². The highest BCUT2D eigenvalue weighted by molar-refractivity contribution is 5.69. The molecule has 0 saturated heterocycles. The predicted octanol–water partition coefficient (Wildman–Crippen LogP) is 7.29. The molecule has 0 aromatic heterocycles. The first-order valence-electron chi connectivity index (χ1n) is 13.6. The average molecular weight is 507 g/mol. The van der Waals surface area contributed by atoms with E-state index >= 15 is 0 Å². The van der Waals surface area contributed by atoms with E-state index in [4.69, 9.17) is 18.9 Å². The van der Waals surface area contributed by atoms with E-state index in [1.807, 2.05) is 0 Å². The standard InChI is InChI=1S/C30H50O6/c1-9-11-19-35-27(31)15-13-17-29(3,4)23-21-26(34-8)24(22-25(23)33-7)30(5,6)18-14-16-28(32)36-20-12-10-2/h21-22H,9-20H2,1-8H3. The molecule has 0 aliphatic carbocycles. The molecule has 0 heterocycles. The lowest BCUT2D eigenvalue weighted by Gasteiger charge is -2.32. The van der Waals surface area contributed by atoms with Crippen LogP contribution in [0.5, 0.6) is 11.5 Å². The first-order valence-corrected chi connectivity index (χ1v) is 13.6. The normalized spacial score (nSPS) is 11.8. The maximum absolute atomic E-state index is 12.0. The Morgan fingerprint density at radius 1 is 0.667 bits per heavy atom. The van der Waals surface area contributed by atoms with Gasteiger partial charge in [-0.05, 0) is 61.5 Å². The van der Waals surface area contributed by atoms with Crippen molar-refractivity contribution in [2.24, 2.45) is 0 Å². The second kappa shape index (κ2) is 15.8. The average Bonchev–Trinajstić information content (AvgIpc) is 2.83. The van der Waals surface area contributed by atoms with Crippen LogP contribution < -0.4 is 9.47 Å². The number of hydrogen-bond donors (Lipinski definition) is 0. The highest BCUT2D eigenvalue weighted by Crippen LogP contribution is 2.44. The summed E-state index contributed by atoms with van der Waals surface area (Å²) in [7, 11) is 3.38. The van der Waals surface area contributed by atoms with Gasteiger partial charge in [0.2, 0.25) is 0 Å². The molecule has 6 heteroatoms. The zero-order chi connectivity index (χ0) is 27.2. The summed E-state index contributed by atoms with van der Waals surface area (Å²) in [5.74, 6) is 1.37. The summed E-state index contributed by atoms with van der Waals surface area (Å²) in [6, 6.07) is 4.16. The quantitative estimate of drug-likeness (QED) is 0.154. The second-order valence-corrected chi connectivity index (χ2v) is 10.9. The molecular formula is C30H50O6. The Kier molecular flexibility index (Phi) is 13.9. The molecule has 0 bridgehead atoms. The van der Waals surface area contributed by atoms with Crippen LogP contribution >= 0.6 is 0 Å². The molecule has 206 valence electrons. The highest BCUT2D eigenvalue weighted by Gasteiger charge is 2.31. The third kappa shape index (κ3) is 10.4. The number of carbonyl (C=O) groups is 2. The summed E-state index contributed by atoms with van der Waals surface area (Å²) in [6.07, 6.45) is 7.78. The van der Waals surface area contributed by atoms with Crippen LogP contribution in [0.4, 0.5) is 0 Å². The molecule has 0 aliphatic heterocycles. The third-order valence-electron chi connectivity index (χ3n) is 6.87. The van der Waals surface area contributed by atoms with Crippen molar-refractivity contribution in [1.29, 1.82) is 0 Å². The highest BCUT2D eigenvalue weighted by atomic mass is 16.5. The Morgan fingerprint density at radius 3 is 1.33 bits per heavy atom. The largest absolute Gasteiger partial charge is 0.496 e. The van der Waals surface area contributed by atoms with Gasteiger partial charge in [0.15, 0.2) is 0 Å². The first-order chi connectivity index (χ1) is 17.0. The fourth-order valence-corrected chi connectivity index (χ4v) is 4.38. The smallest absolute Gasteiger partial charge is 0.305 e. The van der Waals surface area contributed by atoms with Crippen LogP contribution in [0.2, 0.25) is 0 Å². The molecule has 0 aliphatic rings. The Labute approximate surface area is 219 Å². The Bertz CT molecular complexity index is 744. The van der Waals surface area contributed by atoms with Gasteiger partial charge >= 0.3 is 11.9 Å². The van der Waals surface area contributed by atoms with Crippen molar-refractivity contribution in [2.45, 2.75) is 117 Å². The number of rotatable bonds is 18. The van der Waals surface area contributed by atoms with Gasteiger partial charge in [-0.2, -0.15) is 0 Å². The number of esters is 2. The Balaban J connectivity index is 2.93. The van der Waals surface area contributed by atoms with E-state index in [-0.39, 0.29) is 22.8 Å². The SMILES string of the molecule is CCCCOC(=O)CCCC(C)(C)c1cc(OC)c(C(C)(C)CCCC(=O)OCCCC)cc1OC. The number of methoxy groups -OCH3 is 2. The molecule has 0 atom stereocenters. The van der Waals surface area contributed by atoms with Crippen LogP contribution in [0.15, 0.2) is 12.1 Å². The zero-order valence-corrected chi connectivity index (χ0v) is 24.1. The van der Waals surface area contributed by atoms with Crippen molar-refractivity contribution in [3.05, 3.63) is 23.3 Å². The molecule has 6 nitrogen and oxygen atoms in total. The van der Waals surface area contributed by atoms with Gasteiger partial charge in [0.1, 0.15) is 11.5 Å². The minimum Gasteiger partial charge on any atom is -0.496 e. The van der Waals surface area contributed by atoms with Gasteiger partial charge in [0.05, 0.1) is 27.4 Å². The maximum atomic E-state index is 12.0. The van der Waals surface area contributed by atoms with Crippen molar-refractivity contribution in [3.63, 3.8) is 0 Å². The molecule has 1 aromatic carbocycles. The lowest BCUT2D eigenvalue weighted by Crippen LogP contribution is -2.23. The van der Waals surface area contributed by atoms with E-state index in [0.717, 1.165) is 74.0 Å². The number of unbranched alkanes of at least 4 members (excludes halogenated alkanes) is 2. The number of carbonyl (C=O) groups excluding carboxylic acids is 2. The van der Waals surface area contributed by atoms with Gasteiger partial charge in [0, 0.05) is 24.0 Å². The van der Waals surface area contributed by atoms with Crippen LogP contribution in [0.1, 0.15) is 117 Å². The summed E-state index contributed by atoms with van der Waals surface area (Å²) >= 11 is 0. The van der Waals surface area contributed by atoms with Gasteiger partial charge in [-0.3, -0.25) is 9.59 Å². The van der Waals surface area contributed by atoms with E-state index in [0.29, 0.717) is 26.1 Å². The number of benzene rings is 1. The van der Waals surface area contributed by atoms with Crippen molar-refractivity contribution in [3.8, 4) is 11.5 Å². The van der Waals surface area contributed by atoms with E-state index in [2.05, 4.69) is 53.7 Å². The predicted molar refractivity (Wildman–Crippen MR) is 145 cm³/mol. The molecule has 36 heavy (non-hydrogen) atoms. The van der Waals surface area contributed by atoms with E-state index in [9.17, 15) is 9.59 Å².